The first-order valence-corrected chi connectivity index (χ1v) is 9.59. The van der Waals surface area contributed by atoms with Gasteiger partial charge in [0.1, 0.15) is 0 Å². The third-order valence-electron chi connectivity index (χ3n) is 3.18. The van der Waals surface area contributed by atoms with Crippen LogP contribution in [-0.2, 0) is 9.22 Å². The van der Waals surface area contributed by atoms with Crippen molar-refractivity contribution in [3.8, 4) is 0 Å². The van der Waals surface area contributed by atoms with Gasteiger partial charge in [-0.1, -0.05) is 42.8 Å². The van der Waals surface area contributed by atoms with Gasteiger partial charge in [0.2, 0.25) is 0 Å². The van der Waals surface area contributed by atoms with E-state index in [1.807, 2.05) is 6.08 Å². The molecule has 17 heavy (non-hydrogen) atoms. The number of carboxylic acids is 1. The quantitative estimate of drug-likeness (QED) is 0.747. The van der Waals surface area contributed by atoms with E-state index in [2.05, 4.69) is 49.8 Å². The number of carboxylic acid groups (broad SMARTS) is 1. The second-order valence-corrected chi connectivity index (χ2v) is 11.0. The highest BCUT2D eigenvalue weighted by Gasteiger charge is 2.38. The van der Waals surface area contributed by atoms with Gasteiger partial charge in [-0.15, -0.1) is 0 Å². The van der Waals surface area contributed by atoms with E-state index >= 15 is 0 Å². The average molecular weight is 323 g/mol. The maximum absolute atomic E-state index is 10.6. The lowest BCUT2D eigenvalue weighted by Gasteiger charge is -2.38. The molecule has 0 aliphatic heterocycles. The molecule has 1 unspecified atom stereocenters. The zero-order valence-electron chi connectivity index (χ0n) is 11.3. The molecule has 0 heterocycles. The molecule has 1 N–H and O–H groups in total. The standard InChI is InChI=1S/C12H23BrO3Si/c1-12(2,3)17(4,5)16-10(8-9-13)6-7-11(14)15/h8-10H,6-7H2,1-5H3,(H,14,15). The Labute approximate surface area is 114 Å². The van der Waals surface area contributed by atoms with Crippen LogP contribution in [0.25, 0.3) is 0 Å². The van der Waals surface area contributed by atoms with Crippen molar-refractivity contribution in [3.05, 3.63) is 11.1 Å². The van der Waals surface area contributed by atoms with Crippen LogP contribution in [0.2, 0.25) is 18.1 Å². The molecular formula is C12H23BrO3Si. The Hall–Kier alpha value is -0.133. The first-order chi connectivity index (χ1) is 7.60. The molecule has 0 aromatic carbocycles. The lowest BCUT2D eigenvalue weighted by molar-refractivity contribution is -0.137. The van der Waals surface area contributed by atoms with E-state index in [9.17, 15) is 4.79 Å². The molecule has 0 saturated carbocycles. The molecule has 1 atom stereocenters. The van der Waals surface area contributed by atoms with Gasteiger partial charge >= 0.3 is 5.97 Å². The fourth-order valence-corrected chi connectivity index (χ4v) is 2.74. The smallest absolute Gasteiger partial charge is 0.303 e. The van der Waals surface area contributed by atoms with Crippen LogP contribution in [0, 0.1) is 0 Å². The minimum atomic E-state index is -1.84. The van der Waals surface area contributed by atoms with Crippen molar-refractivity contribution >= 4 is 30.2 Å². The van der Waals surface area contributed by atoms with Gasteiger partial charge in [-0.25, -0.2) is 0 Å². The normalized spacial score (nSPS) is 15.2. The van der Waals surface area contributed by atoms with E-state index in [0.717, 1.165) is 0 Å². The largest absolute Gasteiger partial charge is 0.481 e. The minimum absolute atomic E-state index is 0.119. The Morgan fingerprint density at radius 1 is 1.47 bits per heavy atom. The summed E-state index contributed by atoms with van der Waals surface area (Å²) in [5.41, 5.74) is 0. The third-order valence-corrected chi connectivity index (χ3v) is 7.99. The lowest BCUT2D eigenvalue weighted by Crippen LogP contribution is -2.43. The molecule has 0 fully saturated rings. The molecule has 5 heteroatoms. The van der Waals surface area contributed by atoms with Gasteiger partial charge in [0.25, 0.3) is 0 Å². The van der Waals surface area contributed by atoms with Crippen molar-refractivity contribution in [3.63, 3.8) is 0 Å². The summed E-state index contributed by atoms with van der Waals surface area (Å²) < 4.78 is 6.15. The minimum Gasteiger partial charge on any atom is -0.481 e. The maximum atomic E-state index is 10.6. The number of carbonyl (C=O) groups is 1. The van der Waals surface area contributed by atoms with E-state index in [0.29, 0.717) is 6.42 Å². The zero-order valence-corrected chi connectivity index (χ0v) is 13.9. The van der Waals surface area contributed by atoms with Gasteiger partial charge < -0.3 is 9.53 Å². The summed E-state index contributed by atoms with van der Waals surface area (Å²) in [7, 11) is -1.84. The summed E-state index contributed by atoms with van der Waals surface area (Å²) in [6.07, 6.45) is 2.41. The SMILES string of the molecule is CC(C)(C)[Si](C)(C)OC(C=CBr)CCC(=O)O. The topological polar surface area (TPSA) is 46.5 Å². The average Bonchev–Trinajstić information content (AvgIpc) is 2.12. The molecule has 3 nitrogen and oxygen atoms in total. The first-order valence-electron chi connectivity index (χ1n) is 5.76. The molecule has 0 aromatic rings. The highest BCUT2D eigenvalue weighted by Crippen LogP contribution is 2.37. The number of halogens is 1. The molecule has 0 amide bonds. The van der Waals surface area contributed by atoms with Crippen LogP contribution in [-0.4, -0.2) is 25.5 Å². The van der Waals surface area contributed by atoms with Crippen molar-refractivity contribution in [1.82, 2.24) is 0 Å². The van der Waals surface area contributed by atoms with Gasteiger partial charge in [-0.3, -0.25) is 4.79 Å². The number of aliphatic carboxylic acids is 1. The van der Waals surface area contributed by atoms with Gasteiger partial charge in [-0.05, 0) is 29.5 Å². The van der Waals surface area contributed by atoms with E-state index < -0.39 is 14.3 Å². The van der Waals surface area contributed by atoms with Crippen molar-refractivity contribution in [2.45, 2.75) is 57.8 Å². The Balaban J connectivity index is 4.59. The van der Waals surface area contributed by atoms with Crippen LogP contribution in [0.4, 0.5) is 0 Å². The van der Waals surface area contributed by atoms with Gasteiger partial charge in [0.15, 0.2) is 8.32 Å². The summed E-state index contributed by atoms with van der Waals surface area (Å²) in [5.74, 6) is -0.781. The van der Waals surface area contributed by atoms with Crippen LogP contribution in [0.5, 0.6) is 0 Å². The Morgan fingerprint density at radius 3 is 2.35 bits per heavy atom. The fourth-order valence-electron chi connectivity index (χ4n) is 1.10. The second-order valence-electron chi connectivity index (χ2n) is 5.67. The van der Waals surface area contributed by atoms with Crippen molar-refractivity contribution in [2.24, 2.45) is 0 Å². The van der Waals surface area contributed by atoms with Crippen molar-refractivity contribution in [1.29, 1.82) is 0 Å². The molecule has 100 valence electrons. The summed E-state index contributed by atoms with van der Waals surface area (Å²) in [6, 6.07) is 0. The first kappa shape index (κ1) is 16.9. The van der Waals surface area contributed by atoms with Gasteiger partial charge in [-0.2, -0.15) is 0 Å². The highest BCUT2D eigenvalue weighted by atomic mass is 79.9. The van der Waals surface area contributed by atoms with Crippen molar-refractivity contribution in [2.75, 3.05) is 0 Å². The number of hydrogen-bond donors (Lipinski definition) is 1. The van der Waals surface area contributed by atoms with Crippen LogP contribution in [0.15, 0.2) is 11.1 Å². The summed E-state index contributed by atoms with van der Waals surface area (Å²) in [4.78, 5) is 12.3. The number of rotatable bonds is 6. The number of hydrogen-bond acceptors (Lipinski definition) is 2. The molecule has 0 aromatic heterocycles. The summed E-state index contributed by atoms with van der Waals surface area (Å²) in [5, 5.41) is 8.84. The zero-order chi connectivity index (χ0) is 13.7. The van der Waals surface area contributed by atoms with Crippen LogP contribution in [0.3, 0.4) is 0 Å². The summed E-state index contributed by atoms with van der Waals surface area (Å²) in [6.45, 7) is 10.9. The second kappa shape index (κ2) is 6.71. The monoisotopic (exact) mass is 322 g/mol. The lowest BCUT2D eigenvalue weighted by atomic mass is 10.2. The van der Waals surface area contributed by atoms with E-state index in [1.165, 1.54) is 0 Å². The maximum Gasteiger partial charge on any atom is 0.303 e. The Morgan fingerprint density at radius 2 is 2.00 bits per heavy atom. The van der Waals surface area contributed by atoms with Crippen molar-refractivity contribution < 1.29 is 14.3 Å². The molecule has 0 aliphatic rings. The van der Waals surface area contributed by atoms with E-state index in [1.54, 1.807) is 4.99 Å². The molecular weight excluding hydrogens is 300 g/mol. The Bertz CT molecular complexity index is 282. The van der Waals surface area contributed by atoms with E-state index in [4.69, 9.17) is 9.53 Å². The molecule has 0 saturated heterocycles. The molecule has 0 rings (SSSR count). The molecule has 0 aliphatic carbocycles. The molecule has 0 radical (unpaired) electrons. The molecule has 0 spiro atoms. The van der Waals surface area contributed by atoms with Gasteiger partial charge in [0, 0.05) is 6.42 Å². The predicted molar refractivity (Wildman–Crippen MR) is 77.0 cm³/mol. The third kappa shape index (κ3) is 6.38. The molecule has 0 bridgehead atoms. The predicted octanol–water partition coefficient (Wildman–Crippen LogP) is 4.15. The van der Waals surface area contributed by atoms with Crippen LogP contribution in [0.1, 0.15) is 33.6 Å². The fraction of sp³-hybridized carbons (Fsp3) is 0.750. The van der Waals surface area contributed by atoms with Gasteiger partial charge in [0.05, 0.1) is 6.10 Å². The van der Waals surface area contributed by atoms with E-state index in [-0.39, 0.29) is 17.6 Å². The highest BCUT2D eigenvalue weighted by molar-refractivity contribution is 9.11. The van der Waals surface area contributed by atoms with Crippen LogP contribution >= 0.6 is 15.9 Å². The van der Waals surface area contributed by atoms with Crippen LogP contribution < -0.4 is 0 Å². The summed E-state index contributed by atoms with van der Waals surface area (Å²) >= 11 is 3.22. The Kier molecular flexibility index (Phi) is 6.65.